The Hall–Kier alpha value is -2.76. The second-order valence-corrected chi connectivity index (χ2v) is 8.83. The van der Waals surface area contributed by atoms with Crippen LogP contribution >= 0.6 is 0 Å². The lowest BCUT2D eigenvalue weighted by Gasteiger charge is -2.39. The first-order valence-electron chi connectivity index (χ1n) is 11.1. The number of rotatable bonds is 8. The van der Waals surface area contributed by atoms with Crippen molar-refractivity contribution in [3.63, 3.8) is 0 Å². The maximum absolute atomic E-state index is 13.3. The van der Waals surface area contributed by atoms with Crippen molar-refractivity contribution in [2.45, 2.75) is 57.5 Å². The van der Waals surface area contributed by atoms with E-state index in [1.165, 1.54) is 17.7 Å². The van der Waals surface area contributed by atoms with E-state index in [1.807, 2.05) is 29.2 Å². The summed E-state index contributed by atoms with van der Waals surface area (Å²) in [7, 11) is 0. The number of ether oxygens (including phenoxy) is 1. The van der Waals surface area contributed by atoms with Gasteiger partial charge >= 0.3 is 6.18 Å². The molecule has 0 aromatic heterocycles. The highest BCUT2D eigenvalue weighted by molar-refractivity contribution is 5.55. The summed E-state index contributed by atoms with van der Waals surface area (Å²) in [5.41, 5.74) is -0.661. The third kappa shape index (κ3) is 6.86. The number of alkyl halides is 3. The summed E-state index contributed by atoms with van der Waals surface area (Å²) >= 11 is 0. The van der Waals surface area contributed by atoms with E-state index >= 15 is 0 Å². The molecule has 0 spiro atoms. The maximum Gasteiger partial charge on any atom is 0.417 e. The van der Waals surface area contributed by atoms with Crippen LogP contribution in [0.3, 0.4) is 0 Å². The molecule has 0 radical (unpaired) electrons. The fourth-order valence-electron chi connectivity index (χ4n) is 3.88. The normalized spacial score (nSPS) is 16.0. The van der Waals surface area contributed by atoms with E-state index in [2.05, 4.69) is 19.2 Å². The van der Waals surface area contributed by atoms with Gasteiger partial charge in [0.15, 0.2) is 0 Å². The van der Waals surface area contributed by atoms with Crippen LogP contribution in [0.5, 0.6) is 5.75 Å². The first-order chi connectivity index (χ1) is 15.6. The molecule has 1 heterocycles. The third-order valence-electron chi connectivity index (χ3n) is 5.96. The highest BCUT2D eigenvalue weighted by Crippen LogP contribution is 2.36. The SMILES string of the molecule is CC(C)NCc1ccc(OCCC2(O)CCN(c3ccc(C#N)c(C(F)(F)F)c3)CC2)cc1. The molecular weight excluding hydrogens is 431 g/mol. The molecule has 1 aliphatic heterocycles. The number of piperidine rings is 1. The van der Waals surface area contributed by atoms with Gasteiger partial charge in [0.1, 0.15) is 5.75 Å². The molecule has 2 N–H and O–H groups in total. The fourth-order valence-corrected chi connectivity index (χ4v) is 3.88. The van der Waals surface area contributed by atoms with E-state index in [4.69, 9.17) is 10.00 Å². The van der Waals surface area contributed by atoms with Crippen LogP contribution in [0.1, 0.15) is 49.8 Å². The monoisotopic (exact) mass is 461 g/mol. The van der Waals surface area contributed by atoms with Gasteiger partial charge < -0.3 is 20.1 Å². The Labute approximate surface area is 192 Å². The topological polar surface area (TPSA) is 68.5 Å². The van der Waals surface area contributed by atoms with Gasteiger partial charge in [0.05, 0.1) is 29.4 Å². The van der Waals surface area contributed by atoms with Gasteiger partial charge in [0, 0.05) is 37.8 Å². The molecule has 1 aliphatic rings. The standard InChI is InChI=1S/C25H30F3N3O2/c1-18(2)30-17-19-3-7-22(8-4-19)33-14-11-24(32)9-12-31(13-10-24)21-6-5-20(16-29)23(15-21)25(26,27)28/h3-8,15,18,30,32H,9-14,17H2,1-2H3. The van der Waals surface area contributed by atoms with Gasteiger partial charge in [-0.05, 0) is 48.7 Å². The Kier molecular flexibility index (Phi) is 7.88. The van der Waals surface area contributed by atoms with Gasteiger partial charge in [-0.1, -0.05) is 26.0 Å². The highest BCUT2D eigenvalue weighted by Gasteiger charge is 2.36. The van der Waals surface area contributed by atoms with Crippen LogP contribution in [-0.2, 0) is 12.7 Å². The molecule has 0 bridgehead atoms. The number of aliphatic hydroxyl groups is 1. The molecule has 0 unspecified atom stereocenters. The molecule has 178 valence electrons. The Morgan fingerprint density at radius 1 is 1.15 bits per heavy atom. The number of anilines is 1. The minimum Gasteiger partial charge on any atom is -0.493 e. The highest BCUT2D eigenvalue weighted by atomic mass is 19.4. The molecule has 3 rings (SSSR count). The molecular formula is C25H30F3N3O2. The van der Waals surface area contributed by atoms with Crippen LogP contribution in [0.2, 0.25) is 0 Å². The molecule has 5 nitrogen and oxygen atoms in total. The molecule has 33 heavy (non-hydrogen) atoms. The van der Waals surface area contributed by atoms with Crippen LogP contribution in [0.25, 0.3) is 0 Å². The van der Waals surface area contributed by atoms with Crippen molar-refractivity contribution in [1.82, 2.24) is 5.32 Å². The second kappa shape index (κ2) is 10.4. The van der Waals surface area contributed by atoms with Crippen molar-refractivity contribution in [2.24, 2.45) is 0 Å². The number of nitrogens with one attached hydrogen (secondary N) is 1. The Bertz CT molecular complexity index is 960. The van der Waals surface area contributed by atoms with Crippen molar-refractivity contribution >= 4 is 5.69 Å². The molecule has 2 aromatic carbocycles. The van der Waals surface area contributed by atoms with Crippen LogP contribution in [0.15, 0.2) is 42.5 Å². The summed E-state index contributed by atoms with van der Waals surface area (Å²) in [5.74, 6) is 0.738. The summed E-state index contributed by atoms with van der Waals surface area (Å²) in [4.78, 5) is 1.82. The Balaban J connectivity index is 1.50. The van der Waals surface area contributed by atoms with Crippen LogP contribution in [0, 0.1) is 11.3 Å². The smallest absolute Gasteiger partial charge is 0.417 e. The van der Waals surface area contributed by atoms with E-state index < -0.39 is 17.3 Å². The first-order valence-corrected chi connectivity index (χ1v) is 11.1. The van der Waals surface area contributed by atoms with Gasteiger partial charge in [-0.3, -0.25) is 0 Å². The van der Waals surface area contributed by atoms with Crippen LogP contribution in [-0.4, -0.2) is 36.4 Å². The van der Waals surface area contributed by atoms with Gasteiger partial charge in [0.25, 0.3) is 0 Å². The zero-order valence-electron chi connectivity index (χ0n) is 19.0. The first kappa shape index (κ1) is 24.9. The minimum atomic E-state index is -4.59. The lowest BCUT2D eigenvalue weighted by atomic mass is 9.88. The summed E-state index contributed by atoms with van der Waals surface area (Å²) in [5, 5.41) is 23.2. The molecule has 8 heteroatoms. The van der Waals surface area contributed by atoms with Gasteiger partial charge in [-0.15, -0.1) is 0 Å². The summed E-state index contributed by atoms with van der Waals surface area (Å²) in [6.45, 7) is 6.19. The second-order valence-electron chi connectivity index (χ2n) is 8.83. The number of nitriles is 1. The molecule has 0 amide bonds. The maximum atomic E-state index is 13.3. The Morgan fingerprint density at radius 3 is 2.39 bits per heavy atom. The summed E-state index contributed by atoms with van der Waals surface area (Å²) in [6, 6.07) is 13.6. The van der Waals surface area contributed by atoms with E-state index in [9.17, 15) is 18.3 Å². The lowest BCUT2D eigenvalue weighted by molar-refractivity contribution is -0.137. The van der Waals surface area contributed by atoms with E-state index in [-0.39, 0.29) is 5.56 Å². The third-order valence-corrected chi connectivity index (χ3v) is 5.96. The van der Waals surface area contributed by atoms with Crippen molar-refractivity contribution in [2.75, 3.05) is 24.6 Å². The van der Waals surface area contributed by atoms with Crippen molar-refractivity contribution < 1.29 is 23.0 Å². The number of nitrogens with zero attached hydrogens (tertiary/aromatic N) is 2. The number of hydrogen-bond donors (Lipinski definition) is 2. The zero-order valence-corrected chi connectivity index (χ0v) is 19.0. The predicted molar refractivity (Wildman–Crippen MR) is 121 cm³/mol. The van der Waals surface area contributed by atoms with E-state index in [0.29, 0.717) is 50.7 Å². The van der Waals surface area contributed by atoms with Crippen molar-refractivity contribution in [1.29, 1.82) is 5.26 Å². The Morgan fingerprint density at radius 2 is 1.82 bits per heavy atom. The van der Waals surface area contributed by atoms with Crippen LogP contribution < -0.4 is 15.0 Å². The van der Waals surface area contributed by atoms with Gasteiger partial charge in [-0.25, -0.2) is 0 Å². The minimum absolute atomic E-state index is 0.356. The molecule has 0 saturated carbocycles. The van der Waals surface area contributed by atoms with E-state index in [0.717, 1.165) is 18.4 Å². The quantitative estimate of drug-likeness (QED) is 0.587. The van der Waals surface area contributed by atoms with Crippen molar-refractivity contribution in [3.05, 3.63) is 59.2 Å². The van der Waals surface area contributed by atoms with E-state index in [1.54, 1.807) is 6.07 Å². The summed E-state index contributed by atoms with van der Waals surface area (Å²) in [6.07, 6.45) is -3.29. The zero-order chi connectivity index (χ0) is 24.1. The number of benzene rings is 2. The van der Waals surface area contributed by atoms with Gasteiger partial charge in [0.2, 0.25) is 0 Å². The predicted octanol–water partition coefficient (Wildman–Crippen LogP) is 4.88. The fraction of sp³-hybridized carbons (Fsp3) is 0.480. The number of hydrogen-bond acceptors (Lipinski definition) is 5. The molecule has 0 atom stereocenters. The van der Waals surface area contributed by atoms with Gasteiger partial charge in [-0.2, -0.15) is 18.4 Å². The lowest BCUT2D eigenvalue weighted by Crippen LogP contribution is -2.45. The number of halogens is 3. The average molecular weight is 462 g/mol. The van der Waals surface area contributed by atoms with Crippen molar-refractivity contribution in [3.8, 4) is 11.8 Å². The van der Waals surface area contributed by atoms with Crippen LogP contribution in [0.4, 0.5) is 18.9 Å². The average Bonchev–Trinajstić information content (AvgIpc) is 2.78. The summed E-state index contributed by atoms with van der Waals surface area (Å²) < 4.78 is 45.5. The molecule has 1 saturated heterocycles. The molecule has 2 aromatic rings. The largest absolute Gasteiger partial charge is 0.493 e. The molecule has 1 fully saturated rings. The molecule has 0 aliphatic carbocycles.